The van der Waals surface area contributed by atoms with Crippen molar-refractivity contribution in [2.75, 3.05) is 0 Å². The van der Waals surface area contributed by atoms with Gasteiger partial charge in [0, 0.05) is 6.42 Å². The molecule has 0 spiro atoms. The number of unbranched alkanes of at least 4 members (excludes halogenated alkanes) is 11. The first-order valence-corrected chi connectivity index (χ1v) is 9.85. The van der Waals surface area contributed by atoms with Crippen LogP contribution in [-0.4, -0.2) is 24.5 Å². The average Bonchev–Trinajstić information content (AvgIpc) is 2.92. The molecule has 0 unspecified atom stereocenters. The molecule has 0 aromatic carbocycles. The summed E-state index contributed by atoms with van der Waals surface area (Å²) < 4.78 is 5.14. The van der Waals surface area contributed by atoms with E-state index in [4.69, 9.17) is 4.74 Å². The maximum absolute atomic E-state index is 11.2. The first kappa shape index (κ1) is 20.7. The molecule has 0 aromatic heterocycles. The third kappa shape index (κ3) is 9.74. The van der Waals surface area contributed by atoms with Crippen LogP contribution < -0.4 is 5.32 Å². The van der Waals surface area contributed by atoms with Crippen LogP contribution in [-0.2, 0) is 9.53 Å². The van der Waals surface area contributed by atoms with Gasteiger partial charge < -0.3 is 14.8 Å². The van der Waals surface area contributed by atoms with E-state index in [-0.39, 0.29) is 12.1 Å². The van der Waals surface area contributed by atoms with E-state index in [9.17, 15) is 9.59 Å². The molecule has 4 heteroatoms. The number of hydrogen-bond donors (Lipinski definition) is 1. The smallest absolute Gasteiger partial charge is 0.408 e. The Balaban J connectivity index is 1.92. The van der Waals surface area contributed by atoms with Gasteiger partial charge in [-0.3, -0.25) is 0 Å². The van der Waals surface area contributed by atoms with Crippen molar-refractivity contribution in [1.82, 2.24) is 5.32 Å². The van der Waals surface area contributed by atoms with Crippen molar-refractivity contribution in [2.24, 2.45) is 0 Å². The highest BCUT2D eigenvalue weighted by atomic mass is 16.6. The number of amides is 1. The van der Waals surface area contributed by atoms with Gasteiger partial charge in [0.05, 0.1) is 6.04 Å². The Morgan fingerprint density at radius 3 is 2.12 bits per heavy atom. The highest BCUT2D eigenvalue weighted by Gasteiger charge is 2.31. The molecular formula is C20H35NO3. The summed E-state index contributed by atoms with van der Waals surface area (Å²) in [7, 11) is 0. The van der Waals surface area contributed by atoms with Crippen LogP contribution in [0, 0.1) is 0 Å². The molecule has 1 heterocycles. The van der Waals surface area contributed by atoms with Gasteiger partial charge in [0.25, 0.3) is 0 Å². The molecule has 1 saturated heterocycles. The first-order chi connectivity index (χ1) is 11.8. The summed E-state index contributed by atoms with van der Waals surface area (Å²) >= 11 is 0. The maximum atomic E-state index is 11.2. The molecule has 1 rings (SSSR count). The van der Waals surface area contributed by atoms with E-state index >= 15 is 0 Å². The van der Waals surface area contributed by atoms with Crippen molar-refractivity contribution in [3.63, 3.8) is 0 Å². The summed E-state index contributed by atoms with van der Waals surface area (Å²) in [6.07, 6.45) is 20.2. The fourth-order valence-electron chi connectivity index (χ4n) is 3.10. The summed E-state index contributed by atoms with van der Waals surface area (Å²) in [5, 5.41) is 2.66. The van der Waals surface area contributed by atoms with Gasteiger partial charge >= 0.3 is 6.09 Å². The Morgan fingerprint density at radius 1 is 0.958 bits per heavy atom. The average molecular weight is 338 g/mol. The quantitative estimate of drug-likeness (QED) is 0.250. The molecule has 4 nitrogen and oxygen atoms in total. The van der Waals surface area contributed by atoms with Gasteiger partial charge in [-0.05, 0) is 18.9 Å². The fraction of sp³-hybridized carbons (Fsp3) is 0.800. The molecule has 24 heavy (non-hydrogen) atoms. The largest absolute Gasteiger partial charge is 0.440 e. The van der Waals surface area contributed by atoms with Gasteiger partial charge in [-0.2, -0.15) is 0 Å². The Bertz CT molecular complexity index is 368. The third-order valence-electron chi connectivity index (χ3n) is 4.59. The van der Waals surface area contributed by atoms with Crippen molar-refractivity contribution >= 4 is 12.4 Å². The van der Waals surface area contributed by atoms with E-state index in [1.54, 1.807) is 0 Å². The fourth-order valence-corrected chi connectivity index (χ4v) is 3.10. The molecule has 138 valence electrons. The normalized spacial score (nSPS) is 20.3. The van der Waals surface area contributed by atoms with Crippen LogP contribution in [0.15, 0.2) is 12.2 Å². The molecule has 0 radical (unpaired) electrons. The van der Waals surface area contributed by atoms with Gasteiger partial charge in [0.1, 0.15) is 12.4 Å². The number of rotatable bonds is 15. The number of alkyl carbamates (subject to hydrolysis) is 1. The summed E-state index contributed by atoms with van der Waals surface area (Å²) in [5.74, 6) is 0. The standard InChI is InChI=1S/C20H35NO3/c1-2-3-4-5-6-7-8-9-10-11-12-13-14-15-19-18(16-17-22)21-20(23)24-19/h14-15,17-19H,2-13,16H2,1H3,(H,21,23)/b15-14+/t18-,19+/m0/s1. The summed E-state index contributed by atoms with van der Waals surface area (Å²) in [6, 6.07) is -0.205. The molecule has 0 aliphatic carbocycles. The van der Waals surface area contributed by atoms with Crippen molar-refractivity contribution in [2.45, 2.75) is 103 Å². The van der Waals surface area contributed by atoms with Gasteiger partial charge in [0.2, 0.25) is 0 Å². The second-order valence-electron chi connectivity index (χ2n) is 6.78. The van der Waals surface area contributed by atoms with Crippen LogP contribution in [0.3, 0.4) is 0 Å². The highest BCUT2D eigenvalue weighted by molar-refractivity contribution is 5.71. The predicted octanol–water partition coefficient (Wildman–Crippen LogP) is 5.31. The Morgan fingerprint density at radius 2 is 1.54 bits per heavy atom. The van der Waals surface area contributed by atoms with E-state index in [1.807, 2.05) is 6.08 Å². The first-order valence-electron chi connectivity index (χ1n) is 9.85. The minimum atomic E-state index is -0.425. The molecule has 1 N–H and O–H groups in total. The number of carbonyl (C=O) groups is 2. The summed E-state index contributed by atoms with van der Waals surface area (Å²) in [5.41, 5.74) is 0. The SMILES string of the molecule is CCCCCCCCCCCCC/C=C/[C@H]1OC(=O)N[C@H]1CC=O. The van der Waals surface area contributed by atoms with Gasteiger partial charge in [-0.15, -0.1) is 0 Å². The van der Waals surface area contributed by atoms with Crippen LogP contribution >= 0.6 is 0 Å². The van der Waals surface area contributed by atoms with Gasteiger partial charge in [-0.25, -0.2) is 4.79 Å². The molecule has 0 aromatic rings. The molecule has 1 aliphatic rings. The van der Waals surface area contributed by atoms with Crippen LogP contribution in [0.1, 0.15) is 90.4 Å². The number of aldehydes is 1. The summed E-state index contributed by atoms with van der Waals surface area (Å²) in [4.78, 5) is 21.8. The molecule has 1 fully saturated rings. The molecule has 1 amide bonds. The van der Waals surface area contributed by atoms with Gasteiger partial charge in [-0.1, -0.05) is 77.2 Å². The topological polar surface area (TPSA) is 55.4 Å². The van der Waals surface area contributed by atoms with Crippen LogP contribution in [0.2, 0.25) is 0 Å². The predicted molar refractivity (Wildman–Crippen MR) is 98.1 cm³/mol. The highest BCUT2D eigenvalue weighted by Crippen LogP contribution is 2.14. The number of ether oxygens (including phenoxy) is 1. The Labute approximate surface area is 147 Å². The monoisotopic (exact) mass is 337 g/mol. The van der Waals surface area contributed by atoms with Crippen molar-refractivity contribution in [1.29, 1.82) is 0 Å². The van der Waals surface area contributed by atoms with E-state index < -0.39 is 6.09 Å². The molecule has 0 saturated carbocycles. The number of carbonyl (C=O) groups excluding carboxylic acids is 2. The molecule has 0 bridgehead atoms. The van der Waals surface area contributed by atoms with Crippen molar-refractivity contribution in [3.8, 4) is 0 Å². The van der Waals surface area contributed by atoms with Crippen molar-refractivity contribution in [3.05, 3.63) is 12.2 Å². The second-order valence-corrected chi connectivity index (χ2v) is 6.78. The molecule has 2 atom stereocenters. The molecule has 1 aliphatic heterocycles. The number of allylic oxidation sites excluding steroid dienone is 1. The zero-order valence-electron chi connectivity index (χ0n) is 15.3. The summed E-state index contributed by atoms with van der Waals surface area (Å²) in [6.45, 7) is 2.26. The molecular weight excluding hydrogens is 302 g/mol. The minimum absolute atomic E-state index is 0.205. The van der Waals surface area contributed by atoms with E-state index in [1.165, 1.54) is 70.6 Å². The van der Waals surface area contributed by atoms with Crippen molar-refractivity contribution < 1.29 is 14.3 Å². The minimum Gasteiger partial charge on any atom is -0.440 e. The lowest BCUT2D eigenvalue weighted by atomic mass is 10.0. The number of hydrogen-bond acceptors (Lipinski definition) is 3. The lowest BCUT2D eigenvalue weighted by molar-refractivity contribution is -0.108. The zero-order valence-corrected chi connectivity index (χ0v) is 15.3. The second kappa shape index (κ2) is 14.1. The lowest BCUT2D eigenvalue weighted by Crippen LogP contribution is -2.30. The lowest BCUT2D eigenvalue weighted by Gasteiger charge is -2.09. The van der Waals surface area contributed by atoms with E-state index in [0.29, 0.717) is 6.42 Å². The zero-order chi connectivity index (χ0) is 17.5. The van der Waals surface area contributed by atoms with Crippen LogP contribution in [0.4, 0.5) is 4.79 Å². The van der Waals surface area contributed by atoms with E-state index in [2.05, 4.69) is 18.3 Å². The van der Waals surface area contributed by atoms with Gasteiger partial charge in [0.15, 0.2) is 0 Å². The number of cyclic esters (lactones) is 1. The maximum Gasteiger partial charge on any atom is 0.408 e. The van der Waals surface area contributed by atoms with Crippen LogP contribution in [0.5, 0.6) is 0 Å². The third-order valence-corrected chi connectivity index (χ3v) is 4.59. The number of nitrogens with one attached hydrogen (secondary N) is 1. The Kier molecular flexibility index (Phi) is 12.1. The Hall–Kier alpha value is -1.32. The van der Waals surface area contributed by atoms with E-state index in [0.717, 1.165) is 12.7 Å². The van der Waals surface area contributed by atoms with Crippen LogP contribution in [0.25, 0.3) is 0 Å².